The van der Waals surface area contributed by atoms with E-state index in [1.165, 1.54) is 12.1 Å². The predicted molar refractivity (Wildman–Crippen MR) is 91.0 cm³/mol. The number of hydrogen-bond donors (Lipinski definition) is 1. The first-order valence-electron chi connectivity index (χ1n) is 8.30. The van der Waals surface area contributed by atoms with Crippen LogP contribution in [0, 0.1) is 17.0 Å². The first-order valence-corrected chi connectivity index (χ1v) is 8.30. The molecule has 1 aliphatic heterocycles. The van der Waals surface area contributed by atoms with Gasteiger partial charge in [-0.1, -0.05) is 17.3 Å². The molecule has 2 heterocycles. The fraction of sp³-hybridized carbons (Fsp3) is 0.471. The van der Waals surface area contributed by atoms with E-state index in [0.29, 0.717) is 12.1 Å². The summed E-state index contributed by atoms with van der Waals surface area (Å²) in [5.74, 6) is 0.814. The van der Waals surface area contributed by atoms with Crippen molar-refractivity contribution < 1.29 is 14.6 Å². The number of β-amino-alcohol motifs (C(OH)–C–C–N with tert-alkyl or cyclic N) is 1. The number of piperazine rings is 1. The SMILES string of the molecule is Cc1cc(CN2CCN(CC(O)c3cccc([N+](=O)[O-])c3)CC2)no1. The molecule has 1 unspecified atom stereocenters. The lowest BCUT2D eigenvalue weighted by atomic mass is 10.1. The summed E-state index contributed by atoms with van der Waals surface area (Å²) in [6, 6.07) is 8.14. The van der Waals surface area contributed by atoms with Gasteiger partial charge in [0.15, 0.2) is 0 Å². The lowest BCUT2D eigenvalue weighted by Gasteiger charge is -2.35. The van der Waals surface area contributed by atoms with Crippen LogP contribution >= 0.6 is 0 Å². The van der Waals surface area contributed by atoms with Crippen molar-refractivity contribution >= 4 is 5.69 Å². The molecule has 1 saturated heterocycles. The summed E-state index contributed by atoms with van der Waals surface area (Å²) < 4.78 is 5.09. The molecule has 8 nitrogen and oxygen atoms in total. The van der Waals surface area contributed by atoms with Crippen molar-refractivity contribution in [2.24, 2.45) is 0 Å². The van der Waals surface area contributed by atoms with E-state index in [2.05, 4.69) is 15.0 Å². The third-order valence-electron chi connectivity index (χ3n) is 4.42. The third kappa shape index (κ3) is 4.62. The van der Waals surface area contributed by atoms with E-state index in [1.54, 1.807) is 12.1 Å². The van der Waals surface area contributed by atoms with Gasteiger partial charge in [-0.15, -0.1) is 0 Å². The van der Waals surface area contributed by atoms with Crippen LogP contribution in [0.3, 0.4) is 0 Å². The van der Waals surface area contributed by atoms with Crippen LogP contribution in [0.5, 0.6) is 0 Å². The molecule has 0 saturated carbocycles. The van der Waals surface area contributed by atoms with Crippen LogP contribution in [-0.2, 0) is 6.54 Å². The predicted octanol–water partition coefficient (Wildman–Crippen LogP) is 1.74. The molecular weight excluding hydrogens is 324 g/mol. The van der Waals surface area contributed by atoms with E-state index in [4.69, 9.17) is 4.52 Å². The number of non-ortho nitro benzene ring substituents is 1. The number of nitrogens with zero attached hydrogens (tertiary/aromatic N) is 4. The molecule has 25 heavy (non-hydrogen) atoms. The van der Waals surface area contributed by atoms with E-state index in [-0.39, 0.29) is 5.69 Å². The maximum Gasteiger partial charge on any atom is 0.269 e. The Morgan fingerprint density at radius 2 is 2.00 bits per heavy atom. The molecule has 0 bridgehead atoms. The molecule has 3 rings (SSSR count). The van der Waals surface area contributed by atoms with Gasteiger partial charge < -0.3 is 9.63 Å². The molecule has 1 N–H and O–H groups in total. The molecule has 1 fully saturated rings. The molecule has 2 aromatic rings. The highest BCUT2D eigenvalue weighted by Gasteiger charge is 2.21. The molecule has 0 amide bonds. The summed E-state index contributed by atoms with van der Waals surface area (Å²) in [7, 11) is 0. The van der Waals surface area contributed by atoms with E-state index >= 15 is 0 Å². The van der Waals surface area contributed by atoms with Crippen LogP contribution in [0.15, 0.2) is 34.9 Å². The number of nitro groups is 1. The standard InChI is InChI=1S/C17H22N4O4/c1-13-9-15(18-25-13)11-19-5-7-20(8-6-19)12-17(22)14-3-2-4-16(10-14)21(23)24/h2-4,9-10,17,22H,5-8,11-12H2,1H3. The largest absolute Gasteiger partial charge is 0.387 e. The minimum atomic E-state index is -0.732. The Hall–Kier alpha value is -2.29. The Kier molecular flexibility index (Phi) is 5.42. The van der Waals surface area contributed by atoms with Crippen LogP contribution in [0.25, 0.3) is 0 Å². The Labute approximate surface area is 145 Å². The molecule has 134 valence electrons. The molecule has 1 aromatic carbocycles. The number of aliphatic hydroxyl groups is 1. The van der Waals surface area contributed by atoms with E-state index < -0.39 is 11.0 Å². The number of benzene rings is 1. The smallest absolute Gasteiger partial charge is 0.269 e. The molecule has 8 heteroatoms. The Morgan fingerprint density at radius 1 is 1.28 bits per heavy atom. The second kappa shape index (κ2) is 7.73. The molecule has 0 spiro atoms. The van der Waals surface area contributed by atoms with Crippen LogP contribution in [-0.4, -0.2) is 57.7 Å². The Balaban J connectivity index is 1.50. The van der Waals surface area contributed by atoms with Gasteiger partial charge in [-0.05, 0) is 12.5 Å². The van der Waals surface area contributed by atoms with Gasteiger partial charge in [0.1, 0.15) is 5.76 Å². The second-order valence-electron chi connectivity index (χ2n) is 6.37. The average molecular weight is 346 g/mol. The fourth-order valence-electron chi connectivity index (χ4n) is 3.05. The van der Waals surface area contributed by atoms with Gasteiger partial charge in [0, 0.05) is 57.5 Å². The van der Waals surface area contributed by atoms with Gasteiger partial charge >= 0.3 is 0 Å². The van der Waals surface area contributed by atoms with Gasteiger partial charge in [0.25, 0.3) is 5.69 Å². The number of aryl methyl sites for hydroxylation is 1. The highest BCUT2D eigenvalue weighted by atomic mass is 16.6. The Morgan fingerprint density at radius 3 is 2.64 bits per heavy atom. The van der Waals surface area contributed by atoms with Gasteiger partial charge in [0.2, 0.25) is 0 Å². The van der Waals surface area contributed by atoms with Crippen molar-refractivity contribution in [1.29, 1.82) is 0 Å². The van der Waals surface area contributed by atoms with Gasteiger partial charge in [0.05, 0.1) is 16.7 Å². The molecule has 0 radical (unpaired) electrons. The van der Waals surface area contributed by atoms with Crippen molar-refractivity contribution in [1.82, 2.24) is 15.0 Å². The van der Waals surface area contributed by atoms with Crippen molar-refractivity contribution in [2.75, 3.05) is 32.7 Å². The summed E-state index contributed by atoms with van der Waals surface area (Å²) in [4.78, 5) is 14.9. The normalized spacial score (nSPS) is 17.5. The first kappa shape index (κ1) is 17.5. The zero-order valence-electron chi connectivity index (χ0n) is 14.2. The lowest BCUT2D eigenvalue weighted by molar-refractivity contribution is -0.385. The minimum Gasteiger partial charge on any atom is -0.387 e. The summed E-state index contributed by atoms with van der Waals surface area (Å²) in [5, 5.41) is 25.2. The van der Waals surface area contributed by atoms with Crippen molar-refractivity contribution in [3.8, 4) is 0 Å². The second-order valence-corrected chi connectivity index (χ2v) is 6.37. The molecule has 1 aromatic heterocycles. The van der Waals surface area contributed by atoms with Gasteiger partial charge in [-0.2, -0.15) is 0 Å². The zero-order chi connectivity index (χ0) is 17.8. The van der Waals surface area contributed by atoms with E-state index in [1.807, 2.05) is 13.0 Å². The van der Waals surface area contributed by atoms with Gasteiger partial charge in [-0.25, -0.2) is 0 Å². The lowest BCUT2D eigenvalue weighted by Crippen LogP contribution is -2.47. The molecular formula is C17H22N4O4. The van der Waals surface area contributed by atoms with Crippen LogP contribution < -0.4 is 0 Å². The summed E-state index contributed by atoms with van der Waals surface area (Å²) in [6.45, 7) is 6.55. The summed E-state index contributed by atoms with van der Waals surface area (Å²) in [6.07, 6.45) is -0.732. The highest BCUT2D eigenvalue weighted by molar-refractivity contribution is 5.35. The zero-order valence-corrected chi connectivity index (χ0v) is 14.2. The third-order valence-corrected chi connectivity index (χ3v) is 4.42. The quantitative estimate of drug-likeness (QED) is 0.629. The van der Waals surface area contributed by atoms with Crippen LogP contribution in [0.4, 0.5) is 5.69 Å². The number of hydrogen-bond acceptors (Lipinski definition) is 7. The first-order chi connectivity index (χ1) is 12.0. The van der Waals surface area contributed by atoms with Crippen LogP contribution in [0.2, 0.25) is 0 Å². The molecule has 0 aliphatic carbocycles. The van der Waals surface area contributed by atoms with Crippen molar-refractivity contribution in [2.45, 2.75) is 19.6 Å². The summed E-state index contributed by atoms with van der Waals surface area (Å²) >= 11 is 0. The minimum absolute atomic E-state index is 0.00396. The highest BCUT2D eigenvalue weighted by Crippen LogP contribution is 2.20. The number of aliphatic hydroxyl groups excluding tert-OH is 1. The van der Waals surface area contributed by atoms with Gasteiger partial charge in [-0.3, -0.25) is 19.9 Å². The topological polar surface area (TPSA) is 95.9 Å². The maximum absolute atomic E-state index is 10.8. The van der Waals surface area contributed by atoms with Crippen molar-refractivity contribution in [3.05, 3.63) is 57.5 Å². The monoisotopic (exact) mass is 346 g/mol. The Bertz CT molecular complexity index is 725. The van der Waals surface area contributed by atoms with Crippen molar-refractivity contribution in [3.63, 3.8) is 0 Å². The number of nitro benzene ring substituents is 1. The molecule has 1 aliphatic rings. The number of aromatic nitrogens is 1. The summed E-state index contributed by atoms with van der Waals surface area (Å²) in [5.41, 5.74) is 1.52. The molecule has 1 atom stereocenters. The van der Waals surface area contributed by atoms with Crippen LogP contribution in [0.1, 0.15) is 23.1 Å². The van der Waals surface area contributed by atoms with E-state index in [9.17, 15) is 15.2 Å². The number of rotatable bonds is 6. The maximum atomic E-state index is 10.8. The van der Waals surface area contributed by atoms with E-state index in [0.717, 1.165) is 44.2 Å². The fourth-order valence-corrected chi connectivity index (χ4v) is 3.05. The average Bonchev–Trinajstić information content (AvgIpc) is 3.01.